The number of halogens is 1. The van der Waals surface area contributed by atoms with Crippen LogP contribution in [0.1, 0.15) is 31.9 Å². The molecule has 1 aromatic carbocycles. The molecule has 6 rings (SSSR count). The number of imidazole rings is 1. The van der Waals surface area contributed by atoms with E-state index in [0.717, 1.165) is 85.3 Å². The minimum atomic E-state index is -0.152. The minimum Gasteiger partial charge on any atom is -0.492 e. The van der Waals surface area contributed by atoms with E-state index in [4.69, 9.17) is 31.0 Å². The Morgan fingerprint density at radius 1 is 1.05 bits per heavy atom. The van der Waals surface area contributed by atoms with Gasteiger partial charge in [0.2, 0.25) is 0 Å². The van der Waals surface area contributed by atoms with Crippen molar-refractivity contribution < 1.29 is 9.47 Å². The number of rotatable bonds is 9. The maximum atomic E-state index is 6.85. The molecule has 1 aliphatic heterocycles. The lowest BCUT2D eigenvalue weighted by Gasteiger charge is -2.38. The standard InChI is InChI=1S/C29H33ClN6O2/c1-29(9-4-10-29)38-25-8-12-33-28-26(25)34-27(36(28)20-21-5-2-3-11-32-21)23-7-6-22(19-24(23)30)37-18-17-35-15-13-31-14-16-35/h2-3,5-8,11-12,19,31H,4,9-10,13-18,20H2,1H3. The summed E-state index contributed by atoms with van der Waals surface area (Å²) in [7, 11) is 0. The first-order valence-electron chi connectivity index (χ1n) is 13.4. The molecule has 2 aliphatic rings. The Labute approximate surface area is 228 Å². The molecule has 4 aromatic rings. The van der Waals surface area contributed by atoms with Crippen LogP contribution in [0.25, 0.3) is 22.6 Å². The molecule has 0 atom stereocenters. The molecule has 38 heavy (non-hydrogen) atoms. The Morgan fingerprint density at radius 2 is 1.92 bits per heavy atom. The number of piperazine rings is 1. The fraction of sp³-hybridized carbons (Fsp3) is 0.414. The largest absolute Gasteiger partial charge is 0.492 e. The van der Waals surface area contributed by atoms with Crippen molar-refractivity contribution in [1.82, 2.24) is 29.7 Å². The number of nitrogens with one attached hydrogen (secondary N) is 1. The third kappa shape index (κ3) is 5.34. The van der Waals surface area contributed by atoms with Gasteiger partial charge in [-0.05, 0) is 56.5 Å². The molecular formula is C29H33ClN6O2. The molecule has 4 heterocycles. The number of fused-ring (bicyclic) bond motifs is 1. The second kappa shape index (κ2) is 10.9. The van der Waals surface area contributed by atoms with Crippen LogP contribution in [0, 0.1) is 0 Å². The molecule has 3 aromatic heterocycles. The predicted molar refractivity (Wildman–Crippen MR) is 149 cm³/mol. The molecule has 0 radical (unpaired) electrons. The Morgan fingerprint density at radius 3 is 2.66 bits per heavy atom. The Hall–Kier alpha value is -3.20. The SMILES string of the molecule is CC1(Oc2ccnc3c2nc(-c2ccc(OCCN4CCNCC4)cc2Cl)n3Cc2ccccn2)CCC1. The second-order valence-corrected chi connectivity index (χ2v) is 10.7. The van der Waals surface area contributed by atoms with Crippen LogP contribution >= 0.6 is 11.6 Å². The third-order valence-corrected chi connectivity index (χ3v) is 7.79. The van der Waals surface area contributed by atoms with Crippen molar-refractivity contribution in [2.45, 2.75) is 38.3 Å². The van der Waals surface area contributed by atoms with Crippen LogP contribution in [0.5, 0.6) is 11.5 Å². The van der Waals surface area contributed by atoms with Gasteiger partial charge in [0, 0.05) is 56.7 Å². The lowest BCUT2D eigenvalue weighted by molar-refractivity contribution is 0.0125. The fourth-order valence-corrected chi connectivity index (χ4v) is 5.38. The lowest BCUT2D eigenvalue weighted by atomic mass is 9.82. The van der Waals surface area contributed by atoms with Gasteiger partial charge < -0.3 is 19.4 Å². The number of aromatic nitrogens is 4. The zero-order valence-electron chi connectivity index (χ0n) is 21.7. The van der Waals surface area contributed by atoms with Crippen LogP contribution in [-0.4, -0.2) is 69.4 Å². The van der Waals surface area contributed by atoms with Gasteiger partial charge in [0.15, 0.2) is 16.9 Å². The summed E-state index contributed by atoms with van der Waals surface area (Å²) in [6, 6.07) is 13.6. The van der Waals surface area contributed by atoms with Crippen molar-refractivity contribution in [2.24, 2.45) is 0 Å². The molecule has 1 N–H and O–H groups in total. The quantitative estimate of drug-likeness (QED) is 0.332. The van der Waals surface area contributed by atoms with E-state index in [1.54, 1.807) is 12.4 Å². The molecule has 1 aliphatic carbocycles. The van der Waals surface area contributed by atoms with Crippen molar-refractivity contribution in [3.63, 3.8) is 0 Å². The number of nitrogens with zero attached hydrogens (tertiary/aromatic N) is 5. The topological polar surface area (TPSA) is 77.3 Å². The van der Waals surface area contributed by atoms with Crippen LogP contribution < -0.4 is 14.8 Å². The molecule has 1 saturated heterocycles. The summed E-state index contributed by atoms with van der Waals surface area (Å²) in [6.45, 7) is 8.35. The Bertz CT molecular complexity index is 1400. The highest BCUT2D eigenvalue weighted by Gasteiger charge is 2.35. The normalized spacial score (nSPS) is 17.3. The van der Waals surface area contributed by atoms with Gasteiger partial charge in [-0.25, -0.2) is 9.97 Å². The summed E-state index contributed by atoms with van der Waals surface area (Å²) in [4.78, 5) is 16.7. The van der Waals surface area contributed by atoms with Gasteiger partial charge in [0.25, 0.3) is 0 Å². The van der Waals surface area contributed by atoms with E-state index in [2.05, 4.69) is 26.7 Å². The maximum Gasteiger partial charge on any atom is 0.164 e. The summed E-state index contributed by atoms with van der Waals surface area (Å²) in [5.41, 5.74) is 3.06. The van der Waals surface area contributed by atoms with Gasteiger partial charge in [-0.1, -0.05) is 17.7 Å². The van der Waals surface area contributed by atoms with Crippen LogP contribution in [0.15, 0.2) is 54.9 Å². The lowest BCUT2D eigenvalue weighted by Crippen LogP contribution is -2.44. The van der Waals surface area contributed by atoms with E-state index in [-0.39, 0.29) is 5.60 Å². The molecular weight excluding hydrogens is 500 g/mol. The van der Waals surface area contributed by atoms with Gasteiger partial charge in [-0.2, -0.15) is 0 Å². The summed E-state index contributed by atoms with van der Waals surface area (Å²) in [5.74, 6) is 2.23. The summed E-state index contributed by atoms with van der Waals surface area (Å²) in [5, 5.41) is 3.96. The molecule has 2 fully saturated rings. The Kier molecular flexibility index (Phi) is 7.19. The van der Waals surface area contributed by atoms with Crippen molar-refractivity contribution in [2.75, 3.05) is 39.3 Å². The average Bonchev–Trinajstić information content (AvgIpc) is 3.28. The van der Waals surface area contributed by atoms with Crippen molar-refractivity contribution in [1.29, 1.82) is 0 Å². The second-order valence-electron chi connectivity index (χ2n) is 10.3. The molecule has 1 saturated carbocycles. The smallest absolute Gasteiger partial charge is 0.164 e. The highest BCUT2D eigenvalue weighted by Crippen LogP contribution is 2.40. The summed E-state index contributed by atoms with van der Waals surface area (Å²) in [6.07, 6.45) is 6.86. The molecule has 0 spiro atoms. The first-order valence-corrected chi connectivity index (χ1v) is 13.8. The molecule has 0 bridgehead atoms. The van der Waals surface area contributed by atoms with E-state index >= 15 is 0 Å². The zero-order valence-corrected chi connectivity index (χ0v) is 22.5. The molecule has 8 nitrogen and oxygen atoms in total. The van der Waals surface area contributed by atoms with E-state index in [1.807, 2.05) is 42.5 Å². The monoisotopic (exact) mass is 532 g/mol. The predicted octanol–water partition coefficient (Wildman–Crippen LogP) is 4.80. The van der Waals surface area contributed by atoms with Crippen molar-refractivity contribution in [3.8, 4) is 22.9 Å². The van der Waals surface area contributed by atoms with Crippen molar-refractivity contribution >= 4 is 22.8 Å². The van der Waals surface area contributed by atoms with Crippen LogP contribution in [0.3, 0.4) is 0 Å². The highest BCUT2D eigenvalue weighted by molar-refractivity contribution is 6.33. The van der Waals surface area contributed by atoms with Gasteiger partial charge in [-0.3, -0.25) is 9.88 Å². The van der Waals surface area contributed by atoms with Gasteiger partial charge in [-0.15, -0.1) is 0 Å². The van der Waals surface area contributed by atoms with Gasteiger partial charge in [0.1, 0.15) is 23.8 Å². The first kappa shape index (κ1) is 25.1. The van der Waals surface area contributed by atoms with Gasteiger partial charge in [0.05, 0.1) is 17.3 Å². The molecule has 198 valence electrons. The number of hydrogen-bond donors (Lipinski definition) is 1. The van der Waals surface area contributed by atoms with E-state index in [9.17, 15) is 0 Å². The zero-order chi connectivity index (χ0) is 26.0. The van der Waals surface area contributed by atoms with Crippen LogP contribution in [0.4, 0.5) is 0 Å². The highest BCUT2D eigenvalue weighted by atomic mass is 35.5. The molecule has 0 amide bonds. The number of pyridine rings is 2. The van der Waals surface area contributed by atoms with Crippen LogP contribution in [0.2, 0.25) is 5.02 Å². The number of benzene rings is 1. The first-order chi connectivity index (χ1) is 18.6. The van der Waals surface area contributed by atoms with E-state index in [1.165, 1.54) is 6.42 Å². The molecule has 9 heteroatoms. The maximum absolute atomic E-state index is 6.85. The van der Waals surface area contributed by atoms with E-state index < -0.39 is 0 Å². The van der Waals surface area contributed by atoms with Gasteiger partial charge >= 0.3 is 0 Å². The summed E-state index contributed by atoms with van der Waals surface area (Å²) >= 11 is 6.85. The third-order valence-electron chi connectivity index (χ3n) is 7.48. The van der Waals surface area contributed by atoms with Crippen molar-refractivity contribution in [3.05, 3.63) is 65.6 Å². The minimum absolute atomic E-state index is 0.152. The Balaban J connectivity index is 1.31. The van der Waals surface area contributed by atoms with E-state index in [0.29, 0.717) is 18.2 Å². The van der Waals surface area contributed by atoms with Crippen LogP contribution in [-0.2, 0) is 6.54 Å². The summed E-state index contributed by atoms with van der Waals surface area (Å²) < 4.78 is 14.6. The molecule has 0 unspecified atom stereocenters. The average molecular weight is 533 g/mol. The fourth-order valence-electron chi connectivity index (χ4n) is 5.12. The number of hydrogen-bond acceptors (Lipinski definition) is 7. The number of ether oxygens (including phenoxy) is 2.